The van der Waals surface area contributed by atoms with Crippen molar-refractivity contribution < 1.29 is 0 Å². The molecule has 10 rings (SSSR count). The second-order valence-corrected chi connectivity index (χ2v) is 13.6. The van der Waals surface area contributed by atoms with Gasteiger partial charge in [0.25, 0.3) is 0 Å². The van der Waals surface area contributed by atoms with Crippen LogP contribution in [0.25, 0.3) is 71.6 Å². The van der Waals surface area contributed by atoms with Crippen LogP contribution in [-0.2, 0) is 6.42 Å². The Labute approximate surface area is 287 Å². The number of para-hydroxylation sites is 2. The molecule has 0 atom stereocenters. The van der Waals surface area contributed by atoms with Crippen LogP contribution in [0.15, 0.2) is 158 Å². The molecule has 0 aliphatic carbocycles. The number of hydrogen-bond donors (Lipinski definition) is 0. The van der Waals surface area contributed by atoms with E-state index in [1.54, 1.807) is 0 Å². The van der Waals surface area contributed by atoms with E-state index in [1.807, 2.05) is 0 Å². The number of nitrogens with zero attached hydrogens (tertiary/aromatic N) is 2. The summed E-state index contributed by atoms with van der Waals surface area (Å²) in [6.07, 6.45) is 3.52. The molecule has 9 aromatic rings. The van der Waals surface area contributed by atoms with E-state index in [4.69, 9.17) is 0 Å². The van der Waals surface area contributed by atoms with Crippen LogP contribution in [0, 0.1) is 0 Å². The highest BCUT2D eigenvalue weighted by atomic mass is 15.0. The zero-order valence-electron chi connectivity index (χ0n) is 27.6. The Hall–Kier alpha value is -5.80. The van der Waals surface area contributed by atoms with Crippen LogP contribution < -0.4 is 10.9 Å². The van der Waals surface area contributed by atoms with E-state index in [-0.39, 0.29) is 6.85 Å². The van der Waals surface area contributed by atoms with E-state index in [2.05, 4.69) is 174 Å². The van der Waals surface area contributed by atoms with Crippen molar-refractivity contribution in [2.75, 3.05) is 0 Å². The highest BCUT2D eigenvalue weighted by molar-refractivity contribution is 6.88. The standard InChI is InChI=1S/C46H35BN2/c1-2-3-13-31-22-25-38-39-18-12-20-41-46(39)48(43(38)28-31)42-21-11-10-19-40(42)47(41)49-44-29-34(32-14-6-4-7-15-32)23-26-36(44)37-27-24-35(30-45(37)49)33-16-8-5-9-17-33/h4-12,14-30H,2-3,13H2,1H3. The van der Waals surface area contributed by atoms with Crippen LogP contribution in [0.2, 0.25) is 0 Å². The molecule has 2 nitrogen and oxygen atoms in total. The summed E-state index contributed by atoms with van der Waals surface area (Å²) < 4.78 is 5.20. The van der Waals surface area contributed by atoms with Gasteiger partial charge in [-0.1, -0.05) is 147 Å². The van der Waals surface area contributed by atoms with E-state index < -0.39 is 0 Å². The van der Waals surface area contributed by atoms with Crippen LogP contribution in [0.5, 0.6) is 0 Å². The van der Waals surface area contributed by atoms with Gasteiger partial charge in [0.05, 0.1) is 11.0 Å². The monoisotopic (exact) mass is 626 g/mol. The van der Waals surface area contributed by atoms with Gasteiger partial charge in [0.1, 0.15) is 0 Å². The largest absolute Gasteiger partial charge is 0.376 e. The lowest BCUT2D eigenvalue weighted by atomic mass is 9.48. The summed E-state index contributed by atoms with van der Waals surface area (Å²) in [5, 5.41) is 5.22. The molecule has 232 valence electrons. The summed E-state index contributed by atoms with van der Waals surface area (Å²) in [4.78, 5) is 0. The molecule has 0 N–H and O–H groups in total. The van der Waals surface area contributed by atoms with Gasteiger partial charge in [-0.15, -0.1) is 0 Å². The topological polar surface area (TPSA) is 9.86 Å². The Morgan fingerprint density at radius 3 is 1.73 bits per heavy atom. The van der Waals surface area contributed by atoms with Gasteiger partial charge in [0.2, 0.25) is 0 Å². The van der Waals surface area contributed by atoms with Gasteiger partial charge < -0.3 is 9.05 Å². The molecular formula is C46H35BN2. The molecular weight excluding hydrogens is 591 g/mol. The Balaban J connectivity index is 1.32. The van der Waals surface area contributed by atoms with Crippen LogP contribution in [0.1, 0.15) is 25.3 Å². The van der Waals surface area contributed by atoms with E-state index >= 15 is 0 Å². The van der Waals surface area contributed by atoms with Crippen molar-refractivity contribution in [1.29, 1.82) is 0 Å². The number of benzene rings is 7. The molecule has 2 aromatic heterocycles. The second kappa shape index (κ2) is 11.1. The molecule has 0 unspecified atom stereocenters. The molecule has 0 bridgehead atoms. The van der Waals surface area contributed by atoms with E-state index in [1.165, 1.54) is 101 Å². The van der Waals surface area contributed by atoms with Crippen molar-refractivity contribution in [2.24, 2.45) is 0 Å². The molecule has 0 saturated heterocycles. The summed E-state index contributed by atoms with van der Waals surface area (Å²) in [5.74, 6) is 0. The molecule has 7 aromatic carbocycles. The second-order valence-electron chi connectivity index (χ2n) is 13.6. The zero-order valence-corrected chi connectivity index (χ0v) is 27.6. The first-order valence-electron chi connectivity index (χ1n) is 17.6. The Morgan fingerprint density at radius 2 is 1.06 bits per heavy atom. The fourth-order valence-corrected chi connectivity index (χ4v) is 8.46. The Morgan fingerprint density at radius 1 is 0.469 bits per heavy atom. The SMILES string of the molecule is CCCCc1ccc2c3cccc4c3n(c2c1)-c1ccccc1B4n1c2cc(-c3ccccc3)ccc2c2ccc(-c3ccccc3)cc21. The maximum Gasteiger partial charge on any atom is 0.332 e. The van der Waals surface area contributed by atoms with Gasteiger partial charge >= 0.3 is 6.85 Å². The van der Waals surface area contributed by atoms with Gasteiger partial charge in [-0.05, 0) is 75.8 Å². The van der Waals surface area contributed by atoms with Crippen LogP contribution in [0.4, 0.5) is 0 Å². The summed E-state index contributed by atoms with van der Waals surface area (Å²) >= 11 is 0. The third-order valence-corrected chi connectivity index (χ3v) is 10.7. The quantitative estimate of drug-likeness (QED) is 0.163. The van der Waals surface area contributed by atoms with E-state index in [0.29, 0.717) is 0 Å². The Kier molecular flexibility index (Phi) is 6.42. The number of unbranched alkanes of at least 4 members (excludes halogenated alkanes) is 1. The Bertz CT molecular complexity index is 2600. The number of aryl methyl sites for hydroxylation is 1. The molecule has 0 spiro atoms. The summed E-state index contributed by atoms with van der Waals surface area (Å²) in [7, 11) is 0. The maximum atomic E-state index is 2.64. The first-order valence-corrected chi connectivity index (χ1v) is 17.6. The zero-order chi connectivity index (χ0) is 32.5. The molecule has 0 radical (unpaired) electrons. The predicted molar refractivity (Wildman–Crippen MR) is 210 cm³/mol. The van der Waals surface area contributed by atoms with Gasteiger partial charge in [0.15, 0.2) is 0 Å². The summed E-state index contributed by atoms with van der Waals surface area (Å²) in [5.41, 5.74) is 15.4. The number of rotatable bonds is 6. The van der Waals surface area contributed by atoms with E-state index in [0.717, 1.165) is 6.42 Å². The first-order chi connectivity index (χ1) is 24.3. The number of hydrogen-bond acceptors (Lipinski definition) is 0. The van der Waals surface area contributed by atoms with Crippen molar-refractivity contribution in [3.05, 3.63) is 163 Å². The molecule has 0 amide bonds. The smallest absolute Gasteiger partial charge is 0.332 e. The maximum absolute atomic E-state index is 2.64. The van der Waals surface area contributed by atoms with Gasteiger partial charge in [0, 0.05) is 38.3 Å². The van der Waals surface area contributed by atoms with Gasteiger partial charge in [-0.3, -0.25) is 0 Å². The molecule has 1 aliphatic rings. The predicted octanol–water partition coefficient (Wildman–Crippen LogP) is 10.5. The lowest BCUT2D eigenvalue weighted by Gasteiger charge is -2.28. The minimum Gasteiger partial charge on any atom is -0.376 e. The lowest BCUT2D eigenvalue weighted by Crippen LogP contribution is -2.53. The highest BCUT2D eigenvalue weighted by Gasteiger charge is 2.36. The van der Waals surface area contributed by atoms with Crippen molar-refractivity contribution in [1.82, 2.24) is 9.05 Å². The van der Waals surface area contributed by atoms with Crippen LogP contribution in [0.3, 0.4) is 0 Å². The molecule has 0 fully saturated rings. The normalized spacial score (nSPS) is 12.4. The highest BCUT2D eigenvalue weighted by Crippen LogP contribution is 2.38. The van der Waals surface area contributed by atoms with E-state index in [9.17, 15) is 0 Å². The molecule has 0 saturated carbocycles. The minimum absolute atomic E-state index is 0.00618. The van der Waals surface area contributed by atoms with Crippen molar-refractivity contribution in [3.8, 4) is 27.9 Å². The fraction of sp³-hybridized carbons (Fsp3) is 0.0870. The summed E-state index contributed by atoms with van der Waals surface area (Å²) in [6.45, 7) is 2.27. The lowest BCUT2D eigenvalue weighted by molar-refractivity contribution is 0.795. The third-order valence-electron chi connectivity index (χ3n) is 10.7. The fourth-order valence-electron chi connectivity index (χ4n) is 8.46. The molecule has 3 heteroatoms. The van der Waals surface area contributed by atoms with Crippen molar-refractivity contribution >= 4 is 61.4 Å². The van der Waals surface area contributed by atoms with Crippen LogP contribution >= 0.6 is 0 Å². The number of fused-ring (bicyclic) bond motifs is 8. The average molecular weight is 627 g/mol. The first kappa shape index (κ1) is 28.2. The van der Waals surface area contributed by atoms with Gasteiger partial charge in [-0.25, -0.2) is 0 Å². The third kappa shape index (κ3) is 4.28. The summed E-state index contributed by atoms with van der Waals surface area (Å²) in [6, 6.07) is 58.9. The van der Waals surface area contributed by atoms with Gasteiger partial charge in [-0.2, -0.15) is 0 Å². The minimum atomic E-state index is -0.00618. The molecule has 49 heavy (non-hydrogen) atoms. The van der Waals surface area contributed by atoms with Crippen LogP contribution in [-0.4, -0.2) is 15.9 Å². The molecule has 3 heterocycles. The van der Waals surface area contributed by atoms with Crippen molar-refractivity contribution in [3.63, 3.8) is 0 Å². The number of aromatic nitrogens is 2. The molecule has 1 aliphatic heterocycles. The average Bonchev–Trinajstić information content (AvgIpc) is 3.67. The van der Waals surface area contributed by atoms with Crippen molar-refractivity contribution in [2.45, 2.75) is 26.2 Å².